The molecular weight excluding hydrogens is 218 g/mol. The highest BCUT2D eigenvalue weighted by molar-refractivity contribution is 7.09. The lowest BCUT2D eigenvalue weighted by Crippen LogP contribution is -2.33. The van der Waals surface area contributed by atoms with E-state index in [1.54, 1.807) is 11.3 Å². The number of thiophene rings is 1. The zero-order valence-electron chi connectivity index (χ0n) is 9.78. The lowest BCUT2D eigenvalue weighted by molar-refractivity contribution is 0.121. The Hall–Kier alpha value is -0.380. The van der Waals surface area contributed by atoms with Crippen LogP contribution in [0.1, 0.15) is 37.0 Å². The van der Waals surface area contributed by atoms with E-state index >= 15 is 0 Å². The Labute approximate surface area is 102 Å². The second kappa shape index (κ2) is 7.05. The van der Waals surface area contributed by atoms with Crippen LogP contribution in [-0.4, -0.2) is 19.2 Å². The predicted molar refractivity (Wildman–Crippen MR) is 68.9 cm³/mol. The van der Waals surface area contributed by atoms with Crippen molar-refractivity contribution in [3.63, 3.8) is 0 Å². The molecule has 0 amide bonds. The third-order valence-corrected chi connectivity index (χ3v) is 3.96. The van der Waals surface area contributed by atoms with E-state index in [9.17, 15) is 0 Å². The normalized spacial score (nSPS) is 17.8. The van der Waals surface area contributed by atoms with E-state index in [-0.39, 0.29) is 0 Å². The Morgan fingerprint density at radius 2 is 2.19 bits per heavy atom. The lowest BCUT2D eigenvalue weighted by atomic mass is 9.96. The standard InChI is InChI=1S/C13H21NOS/c1-2-5-12(6-3-1)14-8-9-15-11-13-7-4-10-16-13/h4,7,10,12,14H,1-3,5-6,8-9,11H2. The van der Waals surface area contributed by atoms with Crippen molar-refractivity contribution in [2.75, 3.05) is 13.2 Å². The first-order valence-corrected chi connectivity index (χ1v) is 7.16. The van der Waals surface area contributed by atoms with Crippen molar-refractivity contribution in [2.24, 2.45) is 0 Å². The molecule has 0 aromatic carbocycles. The topological polar surface area (TPSA) is 21.3 Å². The van der Waals surface area contributed by atoms with Crippen LogP contribution in [0.5, 0.6) is 0 Å². The van der Waals surface area contributed by atoms with Gasteiger partial charge in [0.1, 0.15) is 0 Å². The maximum absolute atomic E-state index is 5.62. The van der Waals surface area contributed by atoms with Crippen LogP contribution in [0.3, 0.4) is 0 Å². The molecule has 2 nitrogen and oxygen atoms in total. The van der Waals surface area contributed by atoms with Gasteiger partial charge in [-0.25, -0.2) is 0 Å². The zero-order valence-corrected chi connectivity index (χ0v) is 10.6. The fraction of sp³-hybridized carbons (Fsp3) is 0.692. The molecule has 0 radical (unpaired) electrons. The number of ether oxygens (including phenoxy) is 1. The summed E-state index contributed by atoms with van der Waals surface area (Å²) in [5.41, 5.74) is 0. The van der Waals surface area contributed by atoms with Crippen LogP contribution in [0.4, 0.5) is 0 Å². The minimum absolute atomic E-state index is 0.749. The Balaban J connectivity index is 1.48. The molecule has 0 atom stereocenters. The Kier molecular flexibility index (Phi) is 5.32. The first-order chi connectivity index (χ1) is 7.95. The van der Waals surface area contributed by atoms with Gasteiger partial charge < -0.3 is 10.1 Å². The largest absolute Gasteiger partial charge is 0.375 e. The van der Waals surface area contributed by atoms with Crippen LogP contribution in [-0.2, 0) is 11.3 Å². The van der Waals surface area contributed by atoms with Gasteiger partial charge in [-0.1, -0.05) is 25.3 Å². The van der Waals surface area contributed by atoms with Gasteiger partial charge in [-0.2, -0.15) is 0 Å². The molecule has 1 heterocycles. The van der Waals surface area contributed by atoms with Crippen molar-refractivity contribution in [2.45, 2.75) is 44.8 Å². The first-order valence-electron chi connectivity index (χ1n) is 6.28. The van der Waals surface area contributed by atoms with Crippen molar-refractivity contribution >= 4 is 11.3 Å². The van der Waals surface area contributed by atoms with Crippen LogP contribution in [0, 0.1) is 0 Å². The van der Waals surface area contributed by atoms with Crippen molar-refractivity contribution in [1.82, 2.24) is 5.32 Å². The van der Waals surface area contributed by atoms with Gasteiger partial charge in [0.25, 0.3) is 0 Å². The number of nitrogens with one attached hydrogen (secondary N) is 1. The molecule has 2 rings (SSSR count). The molecule has 1 aromatic heterocycles. The van der Waals surface area contributed by atoms with Crippen molar-refractivity contribution < 1.29 is 4.74 Å². The molecule has 1 aliphatic carbocycles. The van der Waals surface area contributed by atoms with Gasteiger partial charge in [-0.3, -0.25) is 0 Å². The highest BCUT2D eigenvalue weighted by Gasteiger charge is 2.11. The van der Waals surface area contributed by atoms with Crippen molar-refractivity contribution in [3.05, 3.63) is 22.4 Å². The highest BCUT2D eigenvalue weighted by Crippen LogP contribution is 2.17. The quantitative estimate of drug-likeness (QED) is 0.770. The van der Waals surface area contributed by atoms with Gasteiger partial charge in [-0.05, 0) is 24.3 Å². The highest BCUT2D eigenvalue weighted by atomic mass is 32.1. The van der Waals surface area contributed by atoms with Crippen LogP contribution in [0.15, 0.2) is 17.5 Å². The minimum atomic E-state index is 0.749. The van der Waals surface area contributed by atoms with Crippen LogP contribution in [0.25, 0.3) is 0 Å². The van der Waals surface area contributed by atoms with Crippen LogP contribution in [0.2, 0.25) is 0 Å². The molecule has 1 fully saturated rings. The molecule has 3 heteroatoms. The van der Waals surface area contributed by atoms with E-state index in [0.717, 1.165) is 25.8 Å². The van der Waals surface area contributed by atoms with Gasteiger partial charge >= 0.3 is 0 Å². The molecule has 0 unspecified atom stereocenters. The summed E-state index contributed by atoms with van der Waals surface area (Å²) in [6, 6.07) is 4.95. The summed E-state index contributed by atoms with van der Waals surface area (Å²) in [5.74, 6) is 0. The van der Waals surface area contributed by atoms with Gasteiger partial charge in [-0.15, -0.1) is 11.3 Å². The molecule has 0 saturated heterocycles. The third kappa shape index (κ3) is 4.24. The fourth-order valence-electron chi connectivity index (χ4n) is 2.21. The Morgan fingerprint density at radius 1 is 1.31 bits per heavy atom. The summed E-state index contributed by atoms with van der Waals surface area (Å²) in [7, 11) is 0. The molecule has 1 N–H and O–H groups in total. The Bertz CT molecular complexity index is 267. The second-order valence-corrected chi connectivity index (χ2v) is 5.45. The average molecular weight is 239 g/mol. The van der Waals surface area contributed by atoms with Crippen LogP contribution < -0.4 is 5.32 Å². The van der Waals surface area contributed by atoms with E-state index < -0.39 is 0 Å². The van der Waals surface area contributed by atoms with Gasteiger partial charge in [0.2, 0.25) is 0 Å². The number of rotatable bonds is 6. The third-order valence-electron chi connectivity index (χ3n) is 3.11. The fourth-order valence-corrected chi connectivity index (χ4v) is 2.85. The smallest absolute Gasteiger partial charge is 0.0809 e. The average Bonchev–Trinajstić information content (AvgIpc) is 2.83. The van der Waals surface area contributed by atoms with Crippen molar-refractivity contribution in [3.8, 4) is 0 Å². The zero-order chi connectivity index (χ0) is 11.1. The summed E-state index contributed by atoms with van der Waals surface area (Å²) in [4.78, 5) is 1.32. The first kappa shape index (κ1) is 12.1. The van der Waals surface area contributed by atoms with E-state index in [2.05, 4.69) is 22.8 Å². The lowest BCUT2D eigenvalue weighted by Gasteiger charge is -2.22. The monoisotopic (exact) mass is 239 g/mol. The van der Waals surface area contributed by atoms with E-state index in [1.807, 2.05) is 0 Å². The summed E-state index contributed by atoms with van der Waals surface area (Å²) >= 11 is 1.76. The molecular formula is C13H21NOS. The van der Waals surface area contributed by atoms with Crippen molar-refractivity contribution in [1.29, 1.82) is 0 Å². The predicted octanol–water partition coefficient (Wildman–Crippen LogP) is 3.19. The second-order valence-electron chi connectivity index (χ2n) is 4.42. The summed E-state index contributed by atoms with van der Waals surface area (Å²) < 4.78 is 5.62. The van der Waals surface area contributed by atoms with E-state index in [1.165, 1.54) is 37.0 Å². The maximum Gasteiger partial charge on any atom is 0.0809 e. The minimum Gasteiger partial charge on any atom is -0.375 e. The van der Waals surface area contributed by atoms with Crippen LogP contribution >= 0.6 is 11.3 Å². The molecule has 16 heavy (non-hydrogen) atoms. The maximum atomic E-state index is 5.62. The molecule has 1 aromatic rings. The molecule has 0 aliphatic heterocycles. The summed E-state index contributed by atoms with van der Waals surface area (Å²) in [6.45, 7) is 2.59. The van der Waals surface area contributed by atoms with E-state index in [4.69, 9.17) is 4.74 Å². The number of hydrogen-bond donors (Lipinski definition) is 1. The SMILES string of the molecule is c1csc(COCCNC2CCCCC2)c1. The molecule has 1 aliphatic rings. The van der Waals surface area contributed by atoms with Gasteiger partial charge in [0.05, 0.1) is 13.2 Å². The number of hydrogen-bond acceptors (Lipinski definition) is 3. The molecule has 0 bridgehead atoms. The Morgan fingerprint density at radius 3 is 2.94 bits per heavy atom. The van der Waals surface area contributed by atoms with E-state index in [0.29, 0.717) is 0 Å². The summed E-state index contributed by atoms with van der Waals surface area (Å²) in [5, 5.41) is 5.68. The van der Waals surface area contributed by atoms with Gasteiger partial charge in [0, 0.05) is 17.5 Å². The van der Waals surface area contributed by atoms with Gasteiger partial charge in [0.15, 0.2) is 0 Å². The summed E-state index contributed by atoms with van der Waals surface area (Å²) in [6.07, 6.45) is 6.92. The molecule has 90 valence electrons. The molecule has 0 spiro atoms. The molecule has 1 saturated carbocycles.